The molecule has 1 aromatic heterocycles. The average Bonchev–Trinajstić information content (AvgIpc) is 3.24. The molecular formula is C22H15ClN2O3. The van der Waals surface area contributed by atoms with Gasteiger partial charge in [0.25, 0.3) is 0 Å². The highest BCUT2D eigenvalue weighted by Crippen LogP contribution is 2.24. The van der Waals surface area contributed by atoms with E-state index in [1.165, 1.54) is 0 Å². The van der Waals surface area contributed by atoms with Crippen LogP contribution < -0.4 is 0 Å². The maximum absolute atomic E-state index is 12.2. The highest BCUT2D eigenvalue weighted by atomic mass is 35.5. The topological polar surface area (TPSA) is 65.2 Å². The largest absolute Gasteiger partial charge is 0.457 e. The molecule has 0 unspecified atom stereocenters. The maximum Gasteiger partial charge on any atom is 0.338 e. The normalized spacial score (nSPS) is 10.6. The van der Waals surface area contributed by atoms with Crippen molar-refractivity contribution in [2.24, 2.45) is 0 Å². The number of rotatable bonds is 5. The van der Waals surface area contributed by atoms with Crippen LogP contribution in [0.15, 0.2) is 83.3 Å². The van der Waals surface area contributed by atoms with Gasteiger partial charge < -0.3 is 9.15 Å². The van der Waals surface area contributed by atoms with Gasteiger partial charge in [0.15, 0.2) is 0 Å². The van der Waals surface area contributed by atoms with Crippen molar-refractivity contribution in [2.75, 3.05) is 0 Å². The zero-order chi connectivity index (χ0) is 19.3. The first-order valence-corrected chi connectivity index (χ1v) is 8.98. The van der Waals surface area contributed by atoms with E-state index in [1.807, 2.05) is 48.5 Å². The molecule has 0 saturated heterocycles. The lowest BCUT2D eigenvalue weighted by atomic mass is 10.1. The summed E-state index contributed by atoms with van der Waals surface area (Å²) in [5.74, 6) is 0.399. The molecule has 0 aliphatic rings. The van der Waals surface area contributed by atoms with Gasteiger partial charge in [-0.05, 0) is 42.5 Å². The third-order valence-electron chi connectivity index (χ3n) is 4.13. The summed E-state index contributed by atoms with van der Waals surface area (Å²) in [4.78, 5) is 12.2. The summed E-state index contributed by atoms with van der Waals surface area (Å²) in [6.45, 7) is 0.115. The Hall–Kier alpha value is -3.44. The minimum absolute atomic E-state index is 0.115. The summed E-state index contributed by atoms with van der Waals surface area (Å²) in [6, 6.07) is 23.6. The molecule has 0 aliphatic carbocycles. The molecular weight excluding hydrogens is 376 g/mol. The van der Waals surface area contributed by atoms with Crippen molar-refractivity contribution in [3.63, 3.8) is 0 Å². The van der Waals surface area contributed by atoms with Crippen molar-refractivity contribution in [1.29, 1.82) is 0 Å². The predicted molar refractivity (Wildman–Crippen MR) is 106 cm³/mol. The molecule has 4 rings (SSSR count). The minimum Gasteiger partial charge on any atom is -0.457 e. The number of nitrogens with zero attached hydrogens (tertiary/aromatic N) is 2. The minimum atomic E-state index is -0.429. The third-order valence-corrected chi connectivity index (χ3v) is 4.50. The van der Waals surface area contributed by atoms with Gasteiger partial charge in [0, 0.05) is 21.7 Å². The molecule has 138 valence electrons. The zero-order valence-electron chi connectivity index (χ0n) is 14.7. The van der Waals surface area contributed by atoms with Gasteiger partial charge >= 0.3 is 5.97 Å². The van der Waals surface area contributed by atoms with E-state index >= 15 is 0 Å². The Labute approximate surface area is 166 Å². The van der Waals surface area contributed by atoms with Gasteiger partial charge in [-0.15, -0.1) is 10.2 Å². The highest BCUT2D eigenvalue weighted by Gasteiger charge is 2.13. The van der Waals surface area contributed by atoms with Crippen molar-refractivity contribution >= 4 is 17.6 Å². The second-order valence-electron chi connectivity index (χ2n) is 6.02. The molecule has 4 aromatic rings. The Bertz CT molecular complexity index is 1090. The van der Waals surface area contributed by atoms with Gasteiger partial charge in [-0.25, -0.2) is 4.79 Å². The summed E-state index contributed by atoms with van der Waals surface area (Å²) in [6.07, 6.45) is 0. The molecule has 0 aliphatic heterocycles. The molecule has 28 heavy (non-hydrogen) atoms. The Morgan fingerprint density at radius 1 is 0.821 bits per heavy atom. The number of hydrogen-bond donors (Lipinski definition) is 0. The van der Waals surface area contributed by atoms with Crippen molar-refractivity contribution < 1.29 is 13.9 Å². The number of benzene rings is 3. The second kappa shape index (κ2) is 8.06. The maximum atomic E-state index is 12.2. The first-order valence-electron chi connectivity index (χ1n) is 8.60. The third kappa shape index (κ3) is 3.94. The van der Waals surface area contributed by atoms with Crippen molar-refractivity contribution in [3.05, 3.63) is 95.0 Å². The first-order chi connectivity index (χ1) is 13.7. The van der Waals surface area contributed by atoms with E-state index < -0.39 is 5.97 Å². The van der Waals surface area contributed by atoms with Crippen LogP contribution in [0.1, 0.15) is 15.9 Å². The number of aromatic nitrogens is 2. The van der Waals surface area contributed by atoms with Crippen LogP contribution in [0.5, 0.6) is 0 Å². The summed E-state index contributed by atoms with van der Waals surface area (Å²) in [5, 5.41) is 8.71. The molecule has 0 spiro atoms. The van der Waals surface area contributed by atoms with E-state index in [-0.39, 0.29) is 6.61 Å². The van der Waals surface area contributed by atoms with Gasteiger partial charge in [0.2, 0.25) is 11.8 Å². The predicted octanol–water partition coefficient (Wildman–Crippen LogP) is 5.41. The van der Waals surface area contributed by atoms with E-state index in [0.717, 1.165) is 16.7 Å². The zero-order valence-corrected chi connectivity index (χ0v) is 15.5. The van der Waals surface area contributed by atoms with Gasteiger partial charge in [0.05, 0.1) is 5.56 Å². The molecule has 0 amide bonds. The van der Waals surface area contributed by atoms with Crippen LogP contribution in [0.25, 0.3) is 22.9 Å². The Morgan fingerprint density at radius 2 is 1.43 bits per heavy atom. The number of carbonyl (C=O) groups is 1. The molecule has 0 atom stereocenters. The monoisotopic (exact) mass is 390 g/mol. The fraction of sp³-hybridized carbons (Fsp3) is 0.0455. The molecule has 6 heteroatoms. The molecule has 0 fully saturated rings. The van der Waals surface area contributed by atoms with E-state index in [1.54, 1.807) is 30.3 Å². The standard InChI is InChI=1S/C22H15ClN2O3/c23-19-9-5-4-8-18(19)14-27-22(26)17-12-10-16(11-13-17)21-25-24-20(28-21)15-6-2-1-3-7-15/h1-13H,14H2. The van der Waals surface area contributed by atoms with Crippen LogP contribution in [0, 0.1) is 0 Å². The van der Waals surface area contributed by atoms with Crippen LogP contribution in [-0.2, 0) is 11.3 Å². The molecule has 0 saturated carbocycles. The van der Waals surface area contributed by atoms with Crippen LogP contribution in [0.4, 0.5) is 0 Å². The highest BCUT2D eigenvalue weighted by molar-refractivity contribution is 6.31. The van der Waals surface area contributed by atoms with Gasteiger partial charge in [-0.1, -0.05) is 48.0 Å². The molecule has 0 N–H and O–H groups in total. The fourth-order valence-corrected chi connectivity index (χ4v) is 2.82. The number of ether oxygens (including phenoxy) is 1. The molecule has 0 bridgehead atoms. The van der Waals surface area contributed by atoms with E-state index in [4.69, 9.17) is 20.8 Å². The molecule has 1 heterocycles. The molecule has 3 aromatic carbocycles. The lowest BCUT2D eigenvalue weighted by Crippen LogP contribution is -2.05. The Balaban J connectivity index is 1.44. The first kappa shape index (κ1) is 17.9. The van der Waals surface area contributed by atoms with E-state index in [2.05, 4.69) is 10.2 Å². The summed E-state index contributed by atoms with van der Waals surface area (Å²) >= 11 is 6.07. The van der Waals surface area contributed by atoms with Crippen LogP contribution in [0.2, 0.25) is 5.02 Å². The van der Waals surface area contributed by atoms with Gasteiger partial charge in [-0.3, -0.25) is 0 Å². The van der Waals surface area contributed by atoms with E-state index in [0.29, 0.717) is 22.4 Å². The average molecular weight is 391 g/mol. The fourth-order valence-electron chi connectivity index (χ4n) is 2.63. The number of esters is 1. The summed E-state index contributed by atoms with van der Waals surface area (Å²) < 4.78 is 11.0. The lowest BCUT2D eigenvalue weighted by Gasteiger charge is -2.06. The van der Waals surface area contributed by atoms with Crippen LogP contribution in [0.3, 0.4) is 0 Å². The van der Waals surface area contributed by atoms with Crippen LogP contribution >= 0.6 is 11.6 Å². The van der Waals surface area contributed by atoms with E-state index in [9.17, 15) is 4.79 Å². The summed E-state index contributed by atoms with van der Waals surface area (Å²) in [7, 11) is 0. The number of carbonyl (C=O) groups excluding carboxylic acids is 1. The number of halogens is 1. The quantitative estimate of drug-likeness (QED) is 0.426. The van der Waals surface area contributed by atoms with Crippen molar-refractivity contribution in [2.45, 2.75) is 6.61 Å². The van der Waals surface area contributed by atoms with Crippen LogP contribution in [-0.4, -0.2) is 16.2 Å². The Kier molecular flexibility index (Phi) is 5.17. The summed E-state index contributed by atoms with van der Waals surface area (Å²) in [5.41, 5.74) is 2.75. The van der Waals surface area contributed by atoms with Crippen molar-refractivity contribution in [1.82, 2.24) is 10.2 Å². The molecule has 0 radical (unpaired) electrons. The van der Waals surface area contributed by atoms with Gasteiger partial charge in [0.1, 0.15) is 6.61 Å². The SMILES string of the molecule is O=C(OCc1ccccc1Cl)c1ccc(-c2nnc(-c3ccccc3)o2)cc1. The smallest absolute Gasteiger partial charge is 0.338 e. The Morgan fingerprint density at radius 3 is 2.11 bits per heavy atom. The lowest BCUT2D eigenvalue weighted by molar-refractivity contribution is 0.0473. The molecule has 5 nitrogen and oxygen atoms in total. The van der Waals surface area contributed by atoms with Gasteiger partial charge in [-0.2, -0.15) is 0 Å². The number of hydrogen-bond acceptors (Lipinski definition) is 5. The second-order valence-corrected chi connectivity index (χ2v) is 6.43. The van der Waals surface area contributed by atoms with Crippen molar-refractivity contribution in [3.8, 4) is 22.9 Å².